The van der Waals surface area contributed by atoms with Gasteiger partial charge in [0.1, 0.15) is 0 Å². The number of nitrogens with two attached hydrogens (primary N) is 1. The van der Waals surface area contributed by atoms with Crippen LogP contribution in [0.2, 0.25) is 0 Å². The van der Waals surface area contributed by atoms with Crippen LogP contribution < -0.4 is 5.73 Å². The minimum Gasteiger partial charge on any atom is -0.329 e. The third kappa shape index (κ3) is 4.23. The molecule has 0 fully saturated rings. The van der Waals surface area contributed by atoms with Crippen molar-refractivity contribution in [2.45, 2.75) is 32.2 Å². The summed E-state index contributed by atoms with van der Waals surface area (Å²) in [5, 5.41) is 4.64. The van der Waals surface area contributed by atoms with Crippen molar-refractivity contribution in [1.29, 1.82) is 0 Å². The van der Waals surface area contributed by atoms with E-state index in [0.717, 1.165) is 18.0 Å². The Kier molecular flexibility index (Phi) is 5.89. The molecule has 1 unspecified atom stereocenters. The molecule has 0 aliphatic heterocycles. The van der Waals surface area contributed by atoms with E-state index in [0.29, 0.717) is 6.54 Å². The van der Waals surface area contributed by atoms with Gasteiger partial charge in [0.05, 0.1) is 11.7 Å². The van der Waals surface area contributed by atoms with Gasteiger partial charge >= 0.3 is 0 Å². The Balaban J connectivity index is 3.04. The van der Waals surface area contributed by atoms with Gasteiger partial charge in [-0.15, -0.1) is 0 Å². The van der Waals surface area contributed by atoms with Crippen LogP contribution in [0.5, 0.6) is 0 Å². The van der Waals surface area contributed by atoms with Crippen LogP contribution in [0.4, 0.5) is 0 Å². The minimum absolute atomic E-state index is 0.0460. The zero-order valence-corrected chi connectivity index (χ0v) is 13.9. The van der Waals surface area contributed by atoms with Gasteiger partial charge < -0.3 is 5.73 Å². The van der Waals surface area contributed by atoms with Crippen LogP contribution in [0.15, 0.2) is 6.20 Å². The van der Waals surface area contributed by atoms with Crippen LogP contribution in [0.25, 0.3) is 0 Å². The molecule has 0 aromatic carbocycles. The molecule has 0 amide bonds. The molecule has 0 spiro atoms. The normalized spacial score (nSPS) is 14.1. The zero-order chi connectivity index (χ0) is 14.6. The second kappa shape index (κ2) is 6.77. The molecule has 4 nitrogen and oxygen atoms in total. The quantitative estimate of drug-likeness (QED) is 0.868. The van der Waals surface area contributed by atoms with Gasteiger partial charge in [0.15, 0.2) is 0 Å². The maximum Gasteiger partial charge on any atom is 0.0726 e. The van der Waals surface area contributed by atoms with Gasteiger partial charge in [-0.1, -0.05) is 20.8 Å². The number of thioether (sulfide) groups is 1. The van der Waals surface area contributed by atoms with Crippen LogP contribution in [-0.4, -0.2) is 46.8 Å². The first-order valence-corrected chi connectivity index (χ1v) is 8.14. The first-order chi connectivity index (χ1) is 8.81. The Morgan fingerprint density at radius 1 is 1.47 bits per heavy atom. The Morgan fingerprint density at radius 3 is 2.58 bits per heavy atom. The van der Waals surface area contributed by atoms with Crippen LogP contribution in [0.3, 0.4) is 0 Å². The van der Waals surface area contributed by atoms with Gasteiger partial charge in [0, 0.05) is 43.1 Å². The van der Waals surface area contributed by atoms with Crippen LogP contribution in [-0.2, 0) is 12.5 Å². The molecule has 1 aromatic rings. The van der Waals surface area contributed by atoms with Crippen LogP contribution >= 0.6 is 11.8 Å². The molecule has 0 aliphatic carbocycles. The first-order valence-electron chi connectivity index (χ1n) is 6.74. The predicted molar refractivity (Wildman–Crippen MR) is 84.7 cm³/mol. The highest BCUT2D eigenvalue weighted by molar-refractivity contribution is 7.98. The van der Waals surface area contributed by atoms with E-state index in [-0.39, 0.29) is 11.5 Å². The van der Waals surface area contributed by atoms with Crippen LogP contribution in [0.1, 0.15) is 38.1 Å². The molecule has 1 atom stereocenters. The summed E-state index contributed by atoms with van der Waals surface area (Å²) in [5.74, 6) is 1.12. The fourth-order valence-electron chi connectivity index (χ4n) is 2.27. The van der Waals surface area contributed by atoms with Gasteiger partial charge in [-0.2, -0.15) is 16.9 Å². The van der Waals surface area contributed by atoms with Gasteiger partial charge in [-0.05, 0) is 13.3 Å². The summed E-state index contributed by atoms with van der Waals surface area (Å²) >= 11 is 1.86. The highest BCUT2D eigenvalue weighted by Gasteiger charge is 2.27. The second-order valence-corrected chi connectivity index (χ2v) is 7.07. The fraction of sp³-hybridized carbons (Fsp3) is 0.786. The number of rotatable bonds is 6. The maximum absolute atomic E-state index is 6.01. The standard InChI is InChI=1S/C14H28N4S/c1-14(2,3)13-11(10-18(5)16-13)12(9-15)17(4)7-8-19-6/h10,12H,7-9,15H2,1-6H3. The molecule has 1 rings (SSSR count). The number of nitrogens with zero attached hydrogens (tertiary/aromatic N) is 3. The molecule has 2 N–H and O–H groups in total. The molecule has 1 heterocycles. The lowest BCUT2D eigenvalue weighted by molar-refractivity contribution is 0.262. The van der Waals surface area contributed by atoms with Crippen molar-refractivity contribution >= 4 is 11.8 Å². The summed E-state index contributed by atoms with van der Waals surface area (Å²) in [6.07, 6.45) is 4.25. The Hall–Kier alpha value is -0.520. The highest BCUT2D eigenvalue weighted by Crippen LogP contribution is 2.30. The van der Waals surface area contributed by atoms with Crippen molar-refractivity contribution in [2.24, 2.45) is 12.8 Å². The third-order valence-corrected chi connectivity index (χ3v) is 3.92. The summed E-state index contributed by atoms with van der Waals surface area (Å²) in [6, 6.07) is 0.245. The molecule has 0 saturated heterocycles. The Morgan fingerprint density at radius 2 is 2.11 bits per heavy atom. The average Bonchev–Trinajstić information content (AvgIpc) is 2.69. The van der Waals surface area contributed by atoms with Crippen molar-refractivity contribution < 1.29 is 0 Å². The van der Waals surface area contributed by atoms with Crippen molar-refractivity contribution in [3.63, 3.8) is 0 Å². The van der Waals surface area contributed by atoms with E-state index < -0.39 is 0 Å². The molecule has 5 heteroatoms. The molecule has 0 saturated carbocycles. The van der Waals surface area contributed by atoms with Crippen molar-refractivity contribution in [1.82, 2.24) is 14.7 Å². The Labute approximate surface area is 121 Å². The van der Waals surface area contributed by atoms with E-state index in [2.05, 4.69) is 50.3 Å². The zero-order valence-electron chi connectivity index (χ0n) is 13.1. The lowest BCUT2D eigenvalue weighted by Gasteiger charge is -2.29. The predicted octanol–water partition coefficient (Wildman–Crippen LogP) is 2.01. The van der Waals surface area contributed by atoms with E-state index in [1.54, 1.807) is 0 Å². The van der Waals surface area contributed by atoms with Gasteiger partial charge in [0.2, 0.25) is 0 Å². The average molecular weight is 284 g/mol. The van der Waals surface area contributed by atoms with Crippen LogP contribution in [0, 0.1) is 0 Å². The molecular weight excluding hydrogens is 256 g/mol. The molecule has 19 heavy (non-hydrogen) atoms. The molecule has 110 valence electrons. The first kappa shape index (κ1) is 16.5. The van der Waals surface area contributed by atoms with Gasteiger partial charge in [-0.25, -0.2) is 0 Å². The number of aryl methyl sites for hydroxylation is 1. The topological polar surface area (TPSA) is 47.1 Å². The molecular formula is C14H28N4S. The summed E-state index contributed by atoms with van der Waals surface area (Å²) in [7, 11) is 4.13. The van der Waals surface area contributed by atoms with E-state index in [4.69, 9.17) is 5.73 Å². The van der Waals surface area contributed by atoms with E-state index >= 15 is 0 Å². The summed E-state index contributed by atoms with van der Waals surface area (Å²) in [6.45, 7) is 8.28. The molecule has 0 aliphatic rings. The summed E-state index contributed by atoms with van der Waals surface area (Å²) < 4.78 is 1.90. The second-order valence-electron chi connectivity index (χ2n) is 6.08. The molecule has 0 radical (unpaired) electrons. The third-order valence-electron chi connectivity index (χ3n) is 3.33. The fourth-order valence-corrected chi connectivity index (χ4v) is 2.74. The highest BCUT2D eigenvalue weighted by atomic mass is 32.2. The maximum atomic E-state index is 6.01. The summed E-state index contributed by atoms with van der Waals surface area (Å²) in [5.41, 5.74) is 8.48. The molecule has 0 bridgehead atoms. The van der Waals surface area contributed by atoms with Crippen molar-refractivity contribution in [3.05, 3.63) is 17.5 Å². The van der Waals surface area contributed by atoms with Crippen molar-refractivity contribution in [2.75, 3.05) is 32.1 Å². The number of hydrogen-bond acceptors (Lipinski definition) is 4. The number of likely N-dealkylation sites (N-methyl/N-ethyl adjacent to an activating group) is 1. The van der Waals surface area contributed by atoms with Gasteiger partial charge in [-0.3, -0.25) is 9.58 Å². The number of aromatic nitrogens is 2. The SMILES string of the molecule is CSCCN(C)C(CN)c1cn(C)nc1C(C)(C)C. The monoisotopic (exact) mass is 284 g/mol. The lowest BCUT2D eigenvalue weighted by Crippen LogP contribution is -2.33. The van der Waals surface area contributed by atoms with E-state index in [9.17, 15) is 0 Å². The molecule has 1 aromatic heterocycles. The minimum atomic E-state index is 0.0460. The Bertz CT molecular complexity index is 395. The number of hydrogen-bond donors (Lipinski definition) is 1. The smallest absolute Gasteiger partial charge is 0.0726 e. The largest absolute Gasteiger partial charge is 0.329 e. The van der Waals surface area contributed by atoms with Gasteiger partial charge in [0.25, 0.3) is 0 Å². The van der Waals surface area contributed by atoms with Crippen molar-refractivity contribution in [3.8, 4) is 0 Å². The lowest BCUT2D eigenvalue weighted by atomic mass is 9.87. The van der Waals surface area contributed by atoms with E-state index in [1.807, 2.05) is 23.5 Å². The summed E-state index contributed by atoms with van der Waals surface area (Å²) in [4.78, 5) is 2.34. The van der Waals surface area contributed by atoms with E-state index in [1.165, 1.54) is 5.56 Å².